The fourth-order valence-corrected chi connectivity index (χ4v) is 7.87. The van der Waals surface area contributed by atoms with Gasteiger partial charge in [0.2, 0.25) is 0 Å². The Kier molecular flexibility index (Phi) is 6.24. The Balaban J connectivity index is 1.57. The lowest BCUT2D eigenvalue weighted by Gasteiger charge is -2.24. The molecule has 9 heteroatoms. The maximum absolute atomic E-state index is 12.7. The first-order chi connectivity index (χ1) is 14.9. The van der Waals surface area contributed by atoms with Crippen LogP contribution < -0.4 is 9.47 Å². The molecule has 31 heavy (non-hydrogen) atoms. The van der Waals surface area contributed by atoms with E-state index in [9.17, 15) is 13.2 Å². The van der Waals surface area contributed by atoms with E-state index in [1.54, 1.807) is 14.2 Å². The molecule has 2 fully saturated rings. The normalized spacial score (nSPS) is 23.0. The number of amidine groups is 1. The number of aliphatic imine (C=N–C) groups is 1. The fourth-order valence-electron chi connectivity index (χ4n) is 3.91. The van der Waals surface area contributed by atoms with Crippen LogP contribution in [0.25, 0.3) is 0 Å². The molecular weight excluding hydrogens is 436 g/mol. The number of sulfone groups is 1. The van der Waals surface area contributed by atoms with Crippen molar-refractivity contribution in [2.75, 3.05) is 25.7 Å². The Morgan fingerprint density at radius 3 is 2.55 bits per heavy atom. The topological polar surface area (TPSA) is 85.3 Å². The molecule has 2 heterocycles. The molecule has 0 spiro atoms. The molecule has 4 rings (SSSR count). The molecule has 0 aliphatic carbocycles. The van der Waals surface area contributed by atoms with E-state index in [2.05, 4.69) is 4.99 Å². The molecule has 2 aromatic carbocycles. The Morgan fingerprint density at radius 1 is 1.10 bits per heavy atom. The van der Waals surface area contributed by atoms with Crippen LogP contribution in [0.4, 0.5) is 0 Å². The monoisotopic (exact) mass is 460 g/mol. The van der Waals surface area contributed by atoms with E-state index in [-0.39, 0.29) is 35.1 Å². The van der Waals surface area contributed by atoms with E-state index in [4.69, 9.17) is 9.47 Å². The van der Waals surface area contributed by atoms with Crippen molar-refractivity contribution in [3.63, 3.8) is 0 Å². The van der Waals surface area contributed by atoms with Crippen LogP contribution in [-0.2, 0) is 27.6 Å². The summed E-state index contributed by atoms with van der Waals surface area (Å²) in [5.74, 6) is 1.31. The SMILES string of the molecule is COc1ccc(CN2C(=NC(=O)Cc3ccccc3OC)S[C@@H]3CS(=O)(=O)C[C@H]32)cc1. The number of benzene rings is 2. The van der Waals surface area contributed by atoms with Crippen molar-refractivity contribution in [1.29, 1.82) is 0 Å². The Labute approximate surface area is 186 Å². The lowest BCUT2D eigenvalue weighted by atomic mass is 10.1. The molecule has 7 nitrogen and oxygen atoms in total. The minimum absolute atomic E-state index is 0.0839. The quantitative estimate of drug-likeness (QED) is 0.655. The first kappa shape index (κ1) is 21.7. The molecule has 2 saturated heterocycles. The highest BCUT2D eigenvalue weighted by atomic mass is 32.2. The van der Waals surface area contributed by atoms with Crippen LogP contribution in [0.15, 0.2) is 53.5 Å². The minimum atomic E-state index is -3.09. The van der Waals surface area contributed by atoms with E-state index in [1.807, 2.05) is 53.4 Å². The van der Waals surface area contributed by atoms with Crippen molar-refractivity contribution in [2.24, 2.45) is 4.99 Å². The molecule has 164 valence electrons. The van der Waals surface area contributed by atoms with Gasteiger partial charge >= 0.3 is 0 Å². The van der Waals surface area contributed by atoms with Gasteiger partial charge in [-0.1, -0.05) is 42.1 Å². The summed E-state index contributed by atoms with van der Waals surface area (Å²) < 4.78 is 34.9. The van der Waals surface area contributed by atoms with Crippen molar-refractivity contribution < 1.29 is 22.7 Å². The van der Waals surface area contributed by atoms with E-state index in [1.165, 1.54) is 11.8 Å². The van der Waals surface area contributed by atoms with Crippen LogP contribution >= 0.6 is 11.8 Å². The molecule has 2 aromatic rings. The summed E-state index contributed by atoms with van der Waals surface area (Å²) >= 11 is 1.39. The maximum atomic E-state index is 12.7. The van der Waals surface area contributed by atoms with Crippen LogP contribution in [-0.4, -0.2) is 61.4 Å². The van der Waals surface area contributed by atoms with E-state index < -0.39 is 9.84 Å². The van der Waals surface area contributed by atoms with Gasteiger partial charge in [-0.3, -0.25) is 4.79 Å². The van der Waals surface area contributed by atoms with Crippen molar-refractivity contribution >= 4 is 32.7 Å². The molecule has 2 aliphatic heterocycles. The van der Waals surface area contributed by atoms with Gasteiger partial charge in [-0.05, 0) is 23.8 Å². The van der Waals surface area contributed by atoms with Gasteiger partial charge in [-0.25, -0.2) is 8.42 Å². The zero-order valence-electron chi connectivity index (χ0n) is 17.4. The molecule has 0 bridgehead atoms. The van der Waals surface area contributed by atoms with Gasteiger partial charge in [-0.15, -0.1) is 0 Å². The van der Waals surface area contributed by atoms with Crippen LogP contribution in [0.5, 0.6) is 11.5 Å². The highest BCUT2D eigenvalue weighted by molar-refractivity contribution is 8.15. The van der Waals surface area contributed by atoms with Gasteiger partial charge in [0, 0.05) is 17.4 Å². The smallest absolute Gasteiger partial charge is 0.252 e. The average molecular weight is 461 g/mol. The Hall–Kier alpha value is -2.52. The largest absolute Gasteiger partial charge is 0.497 e. The van der Waals surface area contributed by atoms with Gasteiger partial charge in [0.25, 0.3) is 5.91 Å². The van der Waals surface area contributed by atoms with Gasteiger partial charge < -0.3 is 14.4 Å². The average Bonchev–Trinajstić information content (AvgIpc) is 3.20. The van der Waals surface area contributed by atoms with Crippen molar-refractivity contribution in [2.45, 2.75) is 24.3 Å². The summed E-state index contributed by atoms with van der Waals surface area (Å²) in [6.45, 7) is 0.481. The van der Waals surface area contributed by atoms with Crippen LogP contribution in [0.2, 0.25) is 0 Å². The number of fused-ring (bicyclic) bond motifs is 1. The summed E-state index contributed by atoms with van der Waals surface area (Å²) in [7, 11) is 0.0892. The van der Waals surface area contributed by atoms with Crippen LogP contribution in [0.1, 0.15) is 11.1 Å². The Morgan fingerprint density at radius 2 is 1.84 bits per heavy atom. The van der Waals surface area contributed by atoms with Crippen molar-refractivity contribution in [3.8, 4) is 11.5 Å². The fraction of sp³-hybridized carbons (Fsp3) is 0.364. The number of methoxy groups -OCH3 is 2. The van der Waals surface area contributed by atoms with Crippen molar-refractivity contribution in [1.82, 2.24) is 4.90 Å². The number of rotatable bonds is 6. The molecule has 2 atom stereocenters. The highest BCUT2D eigenvalue weighted by Crippen LogP contribution is 2.39. The van der Waals surface area contributed by atoms with E-state index >= 15 is 0 Å². The predicted molar refractivity (Wildman–Crippen MR) is 121 cm³/mol. The summed E-state index contributed by atoms with van der Waals surface area (Å²) in [6.07, 6.45) is 0.123. The lowest BCUT2D eigenvalue weighted by molar-refractivity contribution is -0.117. The third-order valence-electron chi connectivity index (χ3n) is 5.44. The maximum Gasteiger partial charge on any atom is 0.252 e. The summed E-state index contributed by atoms with van der Waals surface area (Å²) in [5, 5.41) is 0.474. The second-order valence-corrected chi connectivity index (χ2v) is 10.9. The summed E-state index contributed by atoms with van der Waals surface area (Å²) in [4.78, 5) is 19.1. The highest BCUT2D eigenvalue weighted by Gasteiger charge is 2.48. The molecule has 0 saturated carbocycles. The molecule has 0 N–H and O–H groups in total. The number of thioether (sulfide) groups is 1. The Bertz CT molecular complexity index is 1100. The number of para-hydroxylation sites is 1. The molecule has 0 unspecified atom stereocenters. The molecule has 2 aliphatic rings. The van der Waals surface area contributed by atoms with Gasteiger partial charge in [0.15, 0.2) is 15.0 Å². The third-order valence-corrected chi connectivity index (χ3v) is 8.69. The minimum Gasteiger partial charge on any atom is -0.497 e. The van der Waals surface area contributed by atoms with Gasteiger partial charge in [-0.2, -0.15) is 4.99 Å². The van der Waals surface area contributed by atoms with Crippen LogP contribution in [0, 0.1) is 0 Å². The molecule has 0 aromatic heterocycles. The number of carbonyl (C=O) groups excluding carboxylic acids is 1. The summed E-state index contributed by atoms with van der Waals surface area (Å²) in [5.41, 5.74) is 1.77. The standard InChI is InChI=1S/C22H24N2O5S2/c1-28-17-9-7-15(8-10-17)12-24-18-13-31(26,27)14-20(18)30-22(24)23-21(25)11-16-5-3-4-6-19(16)29-2/h3-10,18,20H,11-14H2,1-2H3/t18-,20-/m1/s1. The zero-order chi connectivity index (χ0) is 22.0. The lowest BCUT2D eigenvalue weighted by Crippen LogP contribution is -2.37. The zero-order valence-corrected chi connectivity index (χ0v) is 19.0. The number of nitrogens with zero attached hydrogens (tertiary/aromatic N) is 2. The van der Waals surface area contributed by atoms with Crippen molar-refractivity contribution in [3.05, 3.63) is 59.7 Å². The molecular formula is C22H24N2O5S2. The molecule has 0 radical (unpaired) electrons. The third kappa shape index (κ3) is 4.88. The number of amides is 1. The van der Waals surface area contributed by atoms with E-state index in [0.29, 0.717) is 17.5 Å². The second-order valence-electron chi connectivity index (χ2n) is 7.55. The van der Waals surface area contributed by atoms with Crippen LogP contribution in [0.3, 0.4) is 0 Å². The van der Waals surface area contributed by atoms with Gasteiger partial charge in [0.1, 0.15) is 11.5 Å². The van der Waals surface area contributed by atoms with Gasteiger partial charge in [0.05, 0.1) is 38.2 Å². The first-order valence-electron chi connectivity index (χ1n) is 9.88. The van der Waals surface area contributed by atoms with E-state index in [0.717, 1.165) is 16.9 Å². The number of carbonyl (C=O) groups is 1. The molecule has 1 amide bonds. The summed E-state index contributed by atoms with van der Waals surface area (Å²) in [6, 6.07) is 14.8. The number of hydrogen-bond acceptors (Lipinski definition) is 6. The number of ether oxygens (including phenoxy) is 2. The predicted octanol–water partition coefficient (Wildman–Crippen LogP) is 2.54. The second kappa shape index (κ2) is 8.92. The number of hydrogen-bond donors (Lipinski definition) is 0. The first-order valence-corrected chi connectivity index (χ1v) is 12.6.